The van der Waals surface area contributed by atoms with E-state index in [2.05, 4.69) is 4.98 Å². The minimum Gasteiger partial charge on any atom is -0.337 e. The van der Waals surface area contributed by atoms with E-state index in [0.717, 1.165) is 9.65 Å². The third kappa shape index (κ3) is 2.78. The fourth-order valence-corrected chi connectivity index (χ4v) is 1.39. The molecule has 0 aliphatic rings. The lowest BCUT2D eigenvalue weighted by Crippen LogP contribution is -1.79. The Morgan fingerprint density at radius 3 is 3.00 bits per heavy atom. The van der Waals surface area contributed by atoms with Gasteiger partial charge in [0.1, 0.15) is 0 Å². The zero-order valence-electron chi connectivity index (χ0n) is 5.96. The largest absolute Gasteiger partial charge is 0.337 e. The molecular formula is C7H7NOS2. The molecule has 1 N–H and O–H groups in total. The number of aromatic nitrogens is 1. The number of hydrogen-bond acceptors (Lipinski definition) is 3. The number of aromatic amines is 1. The summed E-state index contributed by atoms with van der Waals surface area (Å²) in [6.07, 6.45) is 3.22. The molecule has 11 heavy (non-hydrogen) atoms. The van der Waals surface area contributed by atoms with Gasteiger partial charge in [-0.2, -0.15) is 0 Å². The van der Waals surface area contributed by atoms with Crippen molar-refractivity contribution in [3.63, 3.8) is 0 Å². The quantitative estimate of drug-likeness (QED) is 0.567. The fraction of sp³-hybridized carbons (Fsp3) is 0.143. The second kappa shape index (κ2) is 3.59. The van der Waals surface area contributed by atoms with Crippen molar-refractivity contribution >= 4 is 35.4 Å². The van der Waals surface area contributed by atoms with Crippen molar-refractivity contribution in [2.45, 2.75) is 6.92 Å². The molecule has 0 unspecified atom stereocenters. The van der Waals surface area contributed by atoms with Crippen LogP contribution in [0.25, 0.3) is 6.08 Å². The Hall–Kier alpha value is -0.740. The standard InChI is InChI=1S/C7H7NOS2/c1-5(9)2-3-6-4-11-7(10)8-6/h2-4H,1H3,(H,8,10)/b3-2-. The van der Waals surface area contributed by atoms with Crippen molar-refractivity contribution in [3.8, 4) is 0 Å². The number of carbonyl (C=O) groups excluding carboxylic acids is 1. The normalized spacial score (nSPS) is 10.6. The average Bonchev–Trinajstić information content (AvgIpc) is 2.31. The van der Waals surface area contributed by atoms with Crippen molar-refractivity contribution in [3.05, 3.63) is 21.1 Å². The van der Waals surface area contributed by atoms with Crippen LogP contribution in [0.3, 0.4) is 0 Å². The molecular weight excluding hydrogens is 178 g/mol. The summed E-state index contributed by atoms with van der Waals surface area (Å²) < 4.78 is 0.730. The van der Waals surface area contributed by atoms with Gasteiger partial charge in [0, 0.05) is 11.1 Å². The molecule has 0 saturated heterocycles. The van der Waals surface area contributed by atoms with Crippen LogP contribution >= 0.6 is 23.6 Å². The lowest BCUT2D eigenvalue weighted by molar-refractivity contribution is -0.112. The van der Waals surface area contributed by atoms with Gasteiger partial charge in [-0.15, -0.1) is 11.3 Å². The molecule has 1 heterocycles. The Morgan fingerprint density at radius 1 is 1.82 bits per heavy atom. The third-order valence-electron chi connectivity index (χ3n) is 1.04. The van der Waals surface area contributed by atoms with Crippen LogP contribution in [0.4, 0.5) is 0 Å². The van der Waals surface area contributed by atoms with Crippen molar-refractivity contribution < 1.29 is 4.79 Å². The van der Waals surface area contributed by atoms with Gasteiger partial charge in [0.25, 0.3) is 0 Å². The molecule has 0 aromatic carbocycles. The first kappa shape index (κ1) is 8.36. The number of nitrogens with one attached hydrogen (secondary N) is 1. The summed E-state index contributed by atoms with van der Waals surface area (Å²) in [4.78, 5) is 13.4. The van der Waals surface area contributed by atoms with E-state index in [1.165, 1.54) is 24.3 Å². The Bertz CT molecular complexity index is 334. The summed E-state index contributed by atoms with van der Waals surface area (Å²) in [5.41, 5.74) is 0.884. The van der Waals surface area contributed by atoms with Gasteiger partial charge < -0.3 is 4.98 Å². The van der Waals surface area contributed by atoms with Crippen molar-refractivity contribution in [2.75, 3.05) is 0 Å². The molecule has 0 fully saturated rings. The Kier molecular flexibility index (Phi) is 2.73. The van der Waals surface area contributed by atoms with Gasteiger partial charge in [-0.3, -0.25) is 4.79 Å². The van der Waals surface area contributed by atoms with Gasteiger partial charge in [0.15, 0.2) is 9.74 Å². The van der Waals surface area contributed by atoms with Crippen molar-refractivity contribution in [1.82, 2.24) is 4.98 Å². The molecule has 4 heteroatoms. The molecule has 0 saturated carbocycles. The van der Waals surface area contributed by atoms with Crippen LogP contribution in [-0.2, 0) is 4.79 Å². The first-order valence-corrected chi connectivity index (χ1v) is 4.34. The number of ketones is 1. The molecule has 1 aromatic rings. The molecule has 0 amide bonds. The Balaban J connectivity index is 2.79. The van der Waals surface area contributed by atoms with Crippen LogP contribution in [0, 0.1) is 3.95 Å². The van der Waals surface area contributed by atoms with Crippen LogP contribution < -0.4 is 0 Å². The van der Waals surface area contributed by atoms with E-state index in [1.807, 2.05) is 5.38 Å². The van der Waals surface area contributed by atoms with E-state index in [4.69, 9.17) is 12.2 Å². The van der Waals surface area contributed by atoms with Gasteiger partial charge in [0.2, 0.25) is 0 Å². The molecule has 0 bridgehead atoms. The number of rotatable bonds is 2. The molecule has 0 radical (unpaired) electrons. The molecule has 0 aliphatic heterocycles. The van der Waals surface area contributed by atoms with Crippen LogP contribution in [0.1, 0.15) is 12.6 Å². The summed E-state index contributed by atoms with van der Waals surface area (Å²) in [5.74, 6) is 0.0375. The molecule has 0 spiro atoms. The maximum atomic E-state index is 10.5. The van der Waals surface area contributed by atoms with Crippen LogP contribution in [0.2, 0.25) is 0 Å². The molecule has 0 aliphatic carbocycles. The Morgan fingerprint density at radius 2 is 2.55 bits per heavy atom. The lowest BCUT2D eigenvalue weighted by Gasteiger charge is -1.80. The summed E-state index contributed by atoms with van der Waals surface area (Å²) in [7, 11) is 0. The highest BCUT2D eigenvalue weighted by Gasteiger charge is 1.88. The second-order valence-corrected chi connectivity index (χ2v) is 3.59. The van der Waals surface area contributed by atoms with Gasteiger partial charge in [-0.1, -0.05) is 0 Å². The number of hydrogen-bond donors (Lipinski definition) is 1. The smallest absolute Gasteiger partial charge is 0.158 e. The number of allylic oxidation sites excluding steroid dienone is 1. The SMILES string of the molecule is CC(=O)/C=C\c1csc(=S)[nH]1. The van der Waals surface area contributed by atoms with E-state index in [-0.39, 0.29) is 5.78 Å². The van der Waals surface area contributed by atoms with Gasteiger partial charge >= 0.3 is 0 Å². The number of H-pyrrole nitrogens is 1. The van der Waals surface area contributed by atoms with E-state index in [1.54, 1.807) is 6.08 Å². The van der Waals surface area contributed by atoms with E-state index in [0.29, 0.717) is 0 Å². The molecule has 0 atom stereocenters. The second-order valence-electron chi connectivity index (χ2n) is 2.05. The zero-order chi connectivity index (χ0) is 8.27. The topological polar surface area (TPSA) is 32.9 Å². The predicted octanol–water partition coefficient (Wildman–Crippen LogP) is 2.41. The van der Waals surface area contributed by atoms with E-state index >= 15 is 0 Å². The Labute approximate surface area is 73.6 Å². The number of carbonyl (C=O) groups is 1. The fourth-order valence-electron chi connectivity index (χ4n) is 0.582. The highest BCUT2D eigenvalue weighted by atomic mass is 32.1. The zero-order valence-corrected chi connectivity index (χ0v) is 7.59. The van der Waals surface area contributed by atoms with Gasteiger partial charge in [0.05, 0.1) is 0 Å². The van der Waals surface area contributed by atoms with Gasteiger partial charge in [-0.25, -0.2) is 0 Å². The summed E-state index contributed by atoms with van der Waals surface area (Å²) in [6.45, 7) is 1.51. The highest BCUT2D eigenvalue weighted by Crippen LogP contribution is 2.05. The first-order chi connectivity index (χ1) is 5.18. The van der Waals surface area contributed by atoms with E-state index < -0.39 is 0 Å². The maximum absolute atomic E-state index is 10.5. The summed E-state index contributed by atoms with van der Waals surface area (Å²) >= 11 is 6.31. The van der Waals surface area contributed by atoms with E-state index in [9.17, 15) is 4.79 Å². The molecule has 58 valence electrons. The highest BCUT2D eigenvalue weighted by molar-refractivity contribution is 7.73. The summed E-state index contributed by atoms with van der Waals surface area (Å²) in [5, 5.41) is 1.88. The lowest BCUT2D eigenvalue weighted by atomic mass is 10.3. The number of thiazole rings is 1. The minimum atomic E-state index is 0.0375. The maximum Gasteiger partial charge on any atom is 0.158 e. The minimum absolute atomic E-state index is 0.0375. The monoisotopic (exact) mass is 185 g/mol. The van der Waals surface area contributed by atoms with Crippen LogP contribution in [0.15, 0.2) is 11.5 Å². The van der Waals surface area contributed by atoms with Crippen molar-refractivity contribution in [2.24, 2.45) is 0 Å². The van der Waals surface area contributed by atoms with Crippen LogP contribution in [0.5, 0.6) is 0 Å². The summed E-state index contributed by atoms with van der Waals surface area (Å²) in [6, 6.07) is 0. The molecule has 1 rings (SSSR count). The average molecular weight is 185 g/mol. The third-order valence-corrected chi connectivity index (χ3v) is 2.12. The predicted molar refractivity (Wildman–Crippen MR) is 49.2 cm³/mol. The van der Waals surface area contributed by atoms with Crippen molar-refractivity contribution in [1.29, 1.82) is 0 Å². The van der Waals surface area contributed by atoms with Crippen LogP contribution in [-0.4, -0.2) is 10.8 Å². The molecule has 2 nitrogen and oxygen atoms in total. The molecule has 1 aromatic heterocycles. The van der Waals surface area contributed by atoms with Gasteiger partial charge in [-0.05, 0) is 31.3 Å². The first-order valence-electron chi connectivity index (χ1n) is 3.05.